The fraction of sp³-hybridized carbons (Fsp3) is 0.375. The maximum Gasteiger partial charge on any atom is 0.410 e. The third kappa shape index (κ3) is 4.79. The van der Waals surface area contributed by atoms with Gasteiger partial charge in [0, 0.05) is 23.6 Å². The van der Waals surface area contributed by atoms with Crippen molar-refractivity contribution in [2.75, 3.05) is 13.5 Å². The Morgan fingerprint density at radius 3 is 2.11 bits per heavy atom. The van der Waals surface area contributed by atoms with Crippen molar-refractivity contribution in [2.45, 2.75) is 45.1 Å². The summed E-state index contributed by atoms with van der Waals surface area (Å²) in [6, 6.07) is 16.6. The monoisotopic (exact) mass is 366 g/mol. The van der Waals surface area contributed by atoms with Crippen LogP contribution in [0.25, 0.3) is 12.2 Å². The quantitative estimate of drug-likeness (QED) is 0.669. The number of carbonyl (C=O) groups excluding carboxylic acids is 1. The molecule has 142 valence electrons. The molecule has 1 aliphatic carbocycles. The summed E-state index contributed by atoms with van der Waals surface area (Å²) in [5, 5.41) is 0. The van der Waals surface area contributed by atoms with Crippen LogP contribution < -0.4 is 0 Å². The summed E-state index contributed by atoms with van der Waals surface area (Å²) in [5.41, 5.74) is 4.02. The number of ether oxygens (including phenoxy) is 1. The van der Waals surface area contributed by atoms with E-state index in [1.165, 1.54) is 22.3 Å². The highest BCUT2D eigenvalue weighted by Gasteiger charge is 2.22. The van der Waals surface area contributed by atoms with Gasteiger partial charge in [-0.05, 0) is 55.9 Å². The number of hydrogen-bond acceptors (Lipinski definition) is 2. The van der Waals surface area contributed by atoms with Gasteiger partial charge < -0.3 is 9.64 Å². The summed E-state index contributed by atoms with van der Waals surface area (Å²) in [4.78, 5) is 13.3. The molecule has 0 saturated carbocycles. The molecule has 3 nitrogen and oxygen atoms in total. The molecule has 0 bridgehead atoms. The summed E-state index contributed by atoms with van der Waals surface area (Å²) in [7, 11) is 0. The van der Waals surface area contributed by atoms with Gasteiger partial charge in [0.05, 0.1) is 0 Å². The lowest BCUT2D eigenvalue weighted by atomic mass is 9.84. The maximum atomic E-state index is 12.5. The second-order valence-electron chi connectivity index (χ2n) is 7.92. The number of hydrogen-bond donors (Lipinski definition) is 0. The number of benzene rings is 2. The van der Waals surface area contributed by atoms with Crippen LogP contribution in [-0.2, 0) is 4.74 Å². The highest BCUT2D eigenvalue weighted by atomic mass is 16.6. The normalized spacial score (nSPS) is 15.6. The van der Waals surface area contributed by atoms with Gasteiger partial charge in [0.15, 0.2) is 0 Å². The zero-order valence-corrected chi connectivity index (χ0v) is 16.2. The number of fused-ring (bicyclic) bond motifs is 2. The third-order valence-corrected chi connectivity index (χ3v) is 4.67. The van der Waals surface area contributed by atoms with Gasteiger partial charge in [-0.1, -0.05) is 60.7 Å². The highest BCUT2D eigenvalue weighted by molar-refractivity contribution is 5.76. The molecular formula is C24H29NO2. The maximum absolute atomic E-state index is 12.5. The highest BCUT2D eigenvalue weighted by Crippen LogP contribution is 2.37. The molecule has 0 aliphatic heterocycles. The average molecular weight is 367 g/mol. The van der Waals surface area contributed by atoms with Crippen molar-refractivity contribution in [3.8, 4) is 0 Å². The lowest BCUT2D eigenvalue weighted by molar-refractivity contribution is 0.0296. The third-order valence-electron chi connectivity index (χ3n) is 4.67. The molecule has 0 heterocycles. The molecule has 3 rings (SSSR count). The number of rotatable bonds is 4. The van der Waals surface area contributed by atoms with E-state index in [2.05, 4.69) is 36.4 Å². The van der Waals surface area contributed by atoms with E-state index in [0.717, 1.165) is 11.3 Å². The summed E-state index contributed by atoms with van der Waals surface area (Å²) in [6.45, 7) is 2.77. The van der Waals surface area contributed by atoms with Gasteiger partial charge in [-0.3, -0.25) is 0 Å². The van der Waals surface area contributed by atoms with Gasteiger partial charge in [-0.15, -0.1) is 0 Å². The molecule has 1 aliphatic rings. The Balaban J connectivity index is 1.80. The molecule has 2 aromatic carbocycles. The van der Waals surface area contributed by atoms with E-state index < -0.39 is 18.7 Å². The van der Waals surface area contributed by atoms with Gasteiger partial charge in [-0.25, -0.2) is 4.79 Å². The van der Waals surface area contributed by atoms with Gasteiger partial charge in [0.25, 0.3) is 0 Å². The van der Waals surface area contributed by atoms with Crippen molar-refractivity contribution in [1.29, 1.82) is 0 Å². The first-order valence-electron chi connectivity index (χ1n) is 10.9. The summed E-state index contributed by atoms with van der Waals surface area (Å²) < 4.78 is 28.6. The Labute approximate surface area is 166 Å². The minimum absolute atomic E-state index is 0.111. The van der Waals surface area contributed by atoms with E-state index in [1.807, 2.05) is 24.3 Å². The second-order valence-corrected chi connectivity index (χ2v) is 7.92. The van der Waals surface area contributed by atoms with Crippen LogP contribution in [0.15, 0.2) is 48.5 Å². The number of carbonyl (C=O) groups is 1. The molecule has 0 spiro atoms. The first-order valence-corrected chi connectivity index (χ1v) is 9.43. The van der Waals surface area contributed by atoms with Crippen molar-refractivity contribution in [1.82, 2.24) is 4.90 Å². The van der Waals surface area contributed by atoms with Crippen LogP contribution in [0, 0.1) is 0 Å². The SMILES string of the molecule is [2H]C([2H])([2H])N(CCCC1c2ccccc2C=Cc2ccccc21)C(=O)OC(C)(C)C. The fourth-order valence-electron chi connectivity index (χ4n) is 3.48. The van der Waals surface area contributed by atoms with E-state index in [4.69, 9.17) is 8.85 Å². The molecule has 0 aromatic heterocycles. The second kappa shape index (κ2) is 7.99. The molecule has 0 saturated heterocycles. The lowest BCUT2D eigenvalue weighted by Gasteiger charge is -2.25. The molecule has 3 heteroatoms. The van der Waals surface area contributed by atoms with Crippen LogP contribution in [0.1, 0.15) is 65.9 Å². The van der Waals surface area contributed by atoms with Crippen LogP contribution in [0.3, 0.4) is 0 Å². The Morgan fingerprint density at radius 1 is 1.04 bits per heavy atom. The van der Waals surface area contributed by atoms with Crippen LogP contribution in [0.4, 0.5) is 4.79 Å². The molecule has 0 atom stereocenters. The summed E-state index contributed by atoms with van der Waals surface area (Å²) >= 11 is 0. The molecule has 27 heavy (non-hydrogen) atoms. The summed E-state index contributed by atoms with van der Waals surface area (Å²) in [6.07, 6.45) is 4.73. The number of amides is 1. The minimum Gasteiger partial charge on any atom is -0.444 e. The molecule has 0 unspecified atom stereocenters. The van der Waals surface area contributed by atoms with Gasteiger partial charge >= 0.3 is 6.09 Å². The molecule has 2 aromatic rings. The lowest BCUT2D eigenvalue weighted by Crippen LogP contribution is -2.34. The van der Waals surface area contributed by atoms with Crippen LogP contribution >= 0.6 is 0 Å². The number of nitrogens with zero attached hydrogens (tertiary/aromatic N) is 1. The Hall–Kier alpha value is -2.55. The molecule has 0 radical (unpaired) electrons. The Kier molecular flexibility index (Phi) is 4.59. The average Bonchev–Trinajstić information content (AvgIpc) is 2.80. The van der Waals surface area contributed by atoms with Crippen molar-refractivity contribution in [3.63, 3.8) is 0 Å². The smallest absolute Gasteiger partial charge is 0.410 e. The topological polar surface area (TPSA) is 29.5 Å². The molecular weight excluding hydrogens is 334 g/mol. The van der Waals surface area contributed by atoms with E-state index in [-0.39, 0.29) is 12.5 Å². The molecule has 1 amide bonds. The van der Waals surface area contributed by atoms with Crippen molar-refractivity contribution in [3.05, 3.63) is 70.8 Å². The largest absolute Gasteiger partial charge is 0.444 e. The predicted octanol–water partition coefficient (Wildman–Crippen LogP) is 5.95. The van der Waals surface area contributed by atoms with Gasteiger partial charge in [0.1, 0.15) is 5.60 Å². The van der Waals surface area contributed by atoms with E-state index >= 15 is 0 Å². The summed E-state index contributed by atoms with van der Waals surface area (Å²) in [5.74, 6) is 0.129. The zero-order chi connectivity index (χ0) is 21.9. The van der Waals surface area contributed by atoms with E-state index in [1.54, 1.807) is 20.8 Å². The van der Waals surface area contributed by atoms with Crippen molar-refractivity contribution >= 4 is 18.2 Å². The van der Waals surface area contributed by atoms with E-state index in [9.17, 15) is 4.79 Å². The van der Waals surface area contributed by atoms with Crippen molar-refractivity contribution in [2.24, 2.45) is 0 Å². The minimum atomic E-state index is -2.54. The Bertz CT molecular complexity index is 879. The molecule has 0 fully saturated rings. The Morgan fingerprint density at radius 2 is 1.59 bits per heavy atom. The standard InChI is InChI=1S/C24H29NO2/c1-24(2,3)27-23(26)25(4)17-9-14-22-20-12-7-5-10-18(20)15-16-19-11-6-8-13-21(19)22/h5-8,10-13,15-16,22H,9,14,17H2,1-4H3/i4D3. The zero-order valence-electron chi connectivity index (χ0n) is 19.2. The van der Waals surface area contributed by atoms with Crippen molar-refractivity contribution < 1.29 is 13.6 Å². The first-order chi connectivity index (χ1) is 14.1. The van der Waals surface area contributed by atoms with E-state index in [0.29, 0.717) is 6.42 Å². The van der Waals surface area contributed by atoms with Crippen LogP contribution in [0.5, 0.6) is 0 Å². The van der Waals surface area contributed by atoms with Gasteiger partial charge in [-0.2, -0.15) is 0 Å². The predicted molar refractivity (Wildman–Crippen MR) is 112 cm³/mol. The first kappa shape index (κ1) is 15.5. The van der Waals surface area contributed by atoms with Gasteiger partial charge in [0.2, 0.25) is 0 Å². The van der Waals surface area contributed by atoms with Crippen LogP contribution in [-0.4, -0.2) is 30.1 Å². The van der Waals surface area contributed by atoms with Crippen LogP contribution in [0.2, 0.25) is 0 Å². The molecule has 0 N–H and O–H groups in total. The fourth-order valence-corrected chi connectivity index (χ4v) is 3.48.